The molecule has 1 aliphatic rings. The first-order chi connectivity index (χ1) is 9.63. The molecule has 0 spiro atoms. The summed E-state index contributed by atoms with van der Waals surface area (Å²) in [6.45, 7) is 0. The summed E-state index contributed by atoms with van der Waals surface area (Å²) in [5, 5.41) is 13.2. The van der Waals surface area contributed by atoms with Crippen LogP contribution in [-0.2, 0) is 11.2 Å². The Hall–Kier alpha value is -1.85. The van der Waals surface area contributed by atoms with Crippen molar-refractivity contribution in [1.82, 2.24) is 10.3 Å². The van der Waals surface area contributed by atoms with Crippen molar-refractivity contribution in [2.24, 2.45) is 5.73 Å². The number of amides is 1. The Bertz CT molecular complexity index is 616. The molecule has 5 nitrogen and oxygen atoms in total. The van der Waals surface area contributed by atoms with Gasteiger partial charge in [0, 0.05) is 23.1 Å². The Morgan fingerprint density at radius 2 is 2.20 bits per heavy atom. The Morgan fingerprint density at radius 3 is 2.95 bits per heavy atom. The van der Waals surface area contributed by atoms with Gasteiger partial charge in [-0.2, -0.15) is 0 Å². The molecule has 20 heavy (non-hydrogen) atoms. The van der Waals surface area contributed by atoms with Crippen molar-refractivity contribution in [1.29, 1.82) is 0 Å². The molecule has 2 aromatic rings. The molecule has 0 aliphatic heterocycles. The number of hydrogen-bond donors (Lipinski definition) is 4. The van der Waals surface area contributed by atoms with Crippen molar-refractivity contribution in [2.45, 2.75) is 37.5 Å². The first-order valence-electron chi connectivity index (χ1n) is 6.92. The van der Waals surface area contributed by atoms with Crippen LogP contribution in [0.5, 0.6) is 0 Å². The molecule has 1 heterocycles. The van der Waals surface area contributed by atoms with Crippen molar-refractivity contribution in [2.75, 3.05) is 0 Å². The molecule has 0 saturated heterocycles. The van der Waals surface area contributed by atoms with Gasteiger partial charge in [0.2, 0.25) is 5.91 Å². The van der Waals surface area contributed by atoms with Crippen molar-refractivity contribution >= 4 is 16.8 Å². The molecule has 1 aliphatic carbocycles. The van der Waals surface area contributed by atoms with Gasteiger partial charge in [0.15, 0.2) is 0 Å². The average Bonchev–Trinajstić information content (AvgIpc) is 2.80. The van der Waals surface area contributed by atoms with Crippen LogP contribution in [0.2, 0.25) is 0 Å². The largest absolute Gasteiger partial charge is 0.393 e. The molecule has 3 rings (SSSR count). The van der Waals surface area contributed by atoms with Crippen LogP contribution < -0.4 is 11.1 Å². The third-order valence-electron chi connectivity index (χ3n) is 3.91. The molecule has 1 amide bonds. The smallest absolute Gasteiger partial charge is 0.237 e. The average molecular weight is 273 g/mol. The molecule has 5 N–H and O–H groups in total. The maximum atomic E-state index is 12.0. The monoisotopic (exact) mass is 273 g/mol. The van der Waals surface area contributed by atoms with Gasteiger partial charge in [0.1, 0.15) is 0 Å². The van der Waals surface area contributed by atoms with Crippen molar-refractivity contribution in [3.05, 3.63) is 36.0 Å². The molecule has 1 fully saturated rings. The fraction of sp³-hybridized carbons (Fsp3) is 0.400. The highest BCUT2D eigenvalue weighted by Gasteiger charge is 2.29. The summed E-state index contributed by atoms with van der Waals surface area (Å²) in [7, 11) is 0. The number of rotatable bonds is 4. The second kappa shape index (κ2) is 5.26. The number of carbonyl (C=O) groups is 1. The van der Waals surface area contributed by atoms with Gasteiger partial charge in [-0.3, -0.25) is 4.79 Å². The molecule has 0 bridgehead atoms. The van der Waals surface area contributed by atoms with E-state index in [2.05, 4.69) is 10.3 Å². The minimum Gasteiger partial charge on any atom is -0.393 e. The van der Waals surface area contributed by atoms with Gasteiger partial charge in [0.05, 0.1) is 12.1 Å². The quantitative estimate of drug-likeness (QED) is 0.660. The number of para-hydroxylation sites is 1. The first kappa shape index (κ1) is 13.1. The highest BCUT2D eigenvalue weighted by atomic mass is 16.3. The summed E-state index contributed by atoms with van der Waals surface area (Å²) in [6, 6.07) is 7.48. The van der Waals surface area contributed by atoms with Crippen LogP contribution in [0, 0.1) is 0 Å². The molecule has 5 heteroatoms. The number of H-pyrrole nitrogens is 1. The van der Waals surface area contributed by atoms with Gasteiger partial charge in [-0.25, -0.2) is 0 Å². The van der Waals surface area contributed by atoms with Crippen LogP contribution in [0.15, 0.2) is 30.5 Å². The summed E-state index contributed by atoms with van der Waals surface area (Å²) in [6.07, 6.45) is 3.40. The van der Waals surface area contributed by atoms with Crippen molar-refractivity contribution in [3.63, 3.8) is 0 Å². The third-order valence-corrected chi connectivity index (χ3v) is 3.91. The minimum absolute atomic E-state index is 0.0755. The number of aromatic amines is 1. The number of aliphatic hydroxyl groups is 1. The van der Waals surface area contributed by atoms with Gasteiger partial charge in [-0.1, -0.05) is 18.2 Å². The molecule has 1 saturated carbocycles. The van der Waals surface area contributed by atoms with Gasteiger partial charge in [0.25, 0.3) is 0 Å². The van der Waals surface area contributed by atoms with E-state index in [1.807, 2.05) is 30.5 Å². The van der Waals surface area contributed by atoms with Gasteiger partial charge >= 0.3 is 0 Å². The van der Waals surface area contributed by atoms with E-state index < -0.39 is 6.04 Å². The lowest BCUT2D eigenvalue weighted by molar-refractivity contribution is -0.124. The predicted molar refractivity (Wildman–Crippen MR) is 77.1 cm³/mol. The van der Waals surface area contributed by atoms with E-state index in [4.69, 9.17) is 5.73 Å². The van der Waals surface area contributed by atoms with E-state index in [0.717, 1.165) is 16.5 Å². The summed E-state index contributed by atoms with van der Waals surface area (Å²) in [4.78, 5) is 15.2. The Morgan fingerprint density at radius 1 is 1.45 bits per heavy atom. The van der Waals surface area contributed by atoms with E-state index in [9.17, 15) is 9.90 Å². The zero-order valence-corrected chi connectivity index (χ0v) is 11.2. The number of aliphatic hydroxyl groups excluding tert-OH is 1. The summed E-state index contributed by atoms with van der Waals surface area (Å²) < 4.78 is 0. The Labute approximate surface area is 117 Å². The molecule has 1 aromatic heterocycles. The molecular formula is C15H19N3O2. The lowest BCUT2D eigenvalue weighted by Gasteiger charge is -2.32. The topological polar surface area (TPSA) is 91.1 Å². The van der Waals surface area contributed by atoms with Crippen LogP contribution >= 0.6 is 0 Å². The lowest BCUT2D eigenvalue weighted by Crippen LogP contribution is -2.52. The SMILES string of the molecule is NC(Cc1c[nH]c2ccccc12)C(=O)NC1CC(O)C1. The van der Waals surface area contributed by atoms with E-state index in [-0.39, 0.29) is 18.1 Å². The number of nitrogens with two attached hydrogens (primary N) is 1. The maximum Gasteiger partial charge on any atom is 0.237 e. The lowest BCUT2D eigenvalue weighted by atomic mass is 9.89. The molecule has 106 valence electrons. The van der Waals surface area contributed by atoms with E-state index in [1.54, 1.807) is 0 Å². The number of fused-ring (bicyclic) bond motifs is 1. The fourth-order valence-corrected chi connectivity index (χ4v) is 2.64. The van der Waals surface area contributed by atoms with Gasteiger partial charge in [-0.05, 0) is 30.9 Å². The van der Waals surface area contributed by atoms with E-state index in [0.29, 0.717) is 19.3 Å². The summed E-state index contributed by atoms with van der Waals surface area (Å²) >= 11 is 0. The minimum atomic E-state index is -0.563. The molecular weight excluding hydrogens is 254 g/mol. The fourth-order valence-electron chi connectivity index (χ4n) is 2.64. The molecule has 1 aromatic carbocycles. The van der Waals surface area contributed by atoms with Gasteiger partial charge in [-0.15, -0.1) is 0 Å². The summed E-state index contributed by atoms with van der Waals surface area (Å²) in [5.74, 6) is -0.146. The van der Waals surface area contributed by atoms with E-state index >= 15 is 0 Å². The molecule has 1 unspecified atom stereocenters. The van der Waals surface area contributed by atoms with Crippen LogP contribution in [0.25, 0.3) is 10.9 Å². The highest BCUT2D eigenvalue weighted by Crippen LogP contribution is 2.21. The summed E-state index contributed by atoms with van der Waals surface area (Å²) in [5.41, 5.74) is 8.08. The van der Waals surface area contributed by atoms with Crippen LogP contribution in [-0.4, -0.2) is 34.2 Å². The van der Waals surface area contributed by atoms with E-state index in [1.165, 1.54) is 0 Å². The maximum absolute atomic E-state index is 12.0. The zero-order chi connectivity index (χ0) is 14.1. The standard InChI is InChI=1S/C15H19N3O2/c16-13(15(20)18-10-6-11(19)7-10)5-9-8-17-14-4-2-1-3-12(9)14/h1-4,8,10-11,13,17,19H,5-7,16H2,(H,18,20). The number of aromatic nitrogens is 1. The third kappa shape index (κ3) is 2.55. The van der Waals surface area contributed by atoms with Crippen LogP contribution in [0.1, 0.15) is 18.4 Å². The van der Waals surface area contributed by atoms with Gasteiger partial charge < -0.3 is 21.1 Å². The number of carbonyl (C=O) groups excluding carboxylic acids is 1. The number of benzene rings is 1. The number of hydrogen-bond acceptors (Lipinski definition) is 3. The second-order valence-electron chi connectivity index (χ2n) is 5.50. The Kier molecular flexibility index (Phi) is 3.46. The predicted octanol–water partition coefficient (Wildman–Crippen LogP) is 0.677. The molecule has 0 radical (unpaired) electrons. The molecule has 1 atom stereocenters. The zero-order valence-electron chi connectivity index (χ0n) is 11.2. The van der Waals surface area contributed by atoms with Crippen molar-refractivity contribution < 1.29 is 9.90 Å². The highest BCUT2D eigenvalue weighted by molar-refractivity contribution is 5.86. The van der Waals surface area contributed by atoms with Crippen LogP contribution in [0.4, 0.5) is 0 Å². The van der Waals surface area contributed by atoms with Crippen LogP contribution in [0.3, 0.4) is 0 Å². The first-order valence-corrected chi connectivity index (χ1v) is 6.92. The Balaban J connectivity index is 1.63. The number of nitrogens with one attached hydrogen (secondary N) is 2. The van der Waals surface area contributed by atoms with Crippen molar-refractivity contribution in [3.8, 4) is 0 Å². The second-order valence-corrected chi connectivity index (χ2v) is 5.50. The normalized spacial score (nSPS) is 23.3.